The number of halogens is 5. The summed E-state index contributed by atoms with van der Waals surface area (Å²) in [5.74, 6) is -1.77. The molecule has 4 rings (SSSR count). The minimum absolute atomic E-state index is 0.0265. The first-order valence-corrected chi connectivity index (χ1v) is 15.0. The Bertz CT molecular complexity index is 1400. The van der Waals surface area contributed by atoms with E-state index in [-0.39, 0.29) is 23.3 Å². The van der Waals surface area contributed by atoms with Gasteiger partial charge in [0.25, 0.3) is 0 Å². The fourth-order valence-electron chi connectivity index (χ4n) is 5.02. The molecule has 0 radical (unpaired) electrons. The zero-order valence-electron chi connectivity index (χ0n) is 24.3. The molecule has 5 nitrogen and oxygen atoms in total. The van der Waals surface area contributed by atoms with Crippen LogP contribution in [-0.4, -0.2) is 60.1 Å². The van der Waals surface area contributed by atoms with E-state index in [1.54, 1.807) is 14.0 Å². The van der Waals surface area contributed by atoms with Crippen LogP contribution in [0.5, 0.6) is 0 Å². The van der Waals surface area contributed by atoms with Crippen molar-refractivity contribution in [3.63, 3.8) is 0 Å². The number of hydrogen-bond donors (Lipinski definition) is 1. The summed E-state index contributed by atoms with van der Waals surface area (Å²) in [6.45, 7) is 3.85. The highest BCUT2D eigenvalue weighted by Crippen LogP contribution is 2.31. The molecule has 43 heavy (non-hydrogen) atoms. The molecule has 3 aromatic carbocycles. The van der Waals surface area contributed by atoms with Gasteiger partial charge in [-0.2, -0.15) is 13.2 Å². The number of piperidine rings is 1. The third kappa shape index (κ3) is 8.57. The van der Waals surface area contributed by atoms with Crippen molar-refractivity contribution >= 4 is 22.8 Å². The smallest absolute Gasteiger partial charge is 0.353 e. The standard InChI is InChI=1S/C32H35F5N4OS/c1-21(39-31(38-2)43-20-25-5-4-6-28(33)29(25)34)30(42)41(27-15-17-40(3)18-16-27)19-22-7-9-23(10-8-22)24-11-13-26(14-12-24)32(35,36)37/h4-14,21,27H,15-20H2,1-3H3,(H,38,39). The van der Waals surface area contributed by atoms with Crippen LogP contribution in [0.3, 0.4) is 0 Å². The lowest BCUT2D eigenvalue weighted by Crippen LogP contribution is -2.52. The number of rotatable bonds is 8. The van der Waals surface area contributed by atoms with E-state index < -0.39 is 29.4 Å². The number of likely N-dealkylation sites (tertiary alicyclic amines) is 1. The van der Waals surface area contributed by atoms with Crippen molar-refractivity contribution in [2.24, 2.45) is 4.99 Å². The molecule has 1 saturated heterocycles. The van der Waals surface area contributed by atoms with Gasteiger partial charge in [0.2, 0.25) is 5.91 Å². The summed E-state index contributed by atoms with van der Waals surface area (Å²) in [6.07, 6.45) is -2.75. The largest absolute Gasteiger partial charge is 0.416 e. The molecule has 0 bridgehead atoms. The normalized spacial score (nSPS) is 15.8. The molecule has 1 aliphatic rings. The number of carbonyl (C=O) groups is 1. The number of amidine groups is 1. The molecule has 3 aromatic rings. The fraction of sp³-hybridized carbons (Fsp3) is 0.375. The molecule has 1 N–H and O–H groups in total. The van der Waals surface area contributed by atoms with E-state index >= 15 is 0 Å². The minimum atomic E-state index is -4.39. The van der Waals surface area contributed by atoms with Gasteiger partial charge in [0.1, 0.15) is 6.04 Å². The summed E-state index contributed by atoms with van der Waals surface area (Å²) >= 11 is 1.19. The number of alkyl halides is 3. The number of aliphatic imine (C=N–C) groups is 1. The van der Waals surface area contributed by atoms with Crippen LogP contribution >= 0.6 is 11.8 Å². The molecular formula is C32H35F5N4OS. The van der Waals surface area contributed by atoms with E-state index in [1.807, 2.05) is 29.2 Å². The quantitative estimate of drug-likeness (QED) is 0.168. The van der Waals surface area contributed by atoms with Crippen molar-refractivity contribution < 1.29 is 26.7 Å². The summed E-state index contributed by atoms with van der Waals surface area (Å²) < 4.78 is 66.6. The predicted octanol–water partition coefficient (Wildman–Crippen LogP) is 6.97. The summed E-state index contributed by atoms with van der Waals surface area (Å²) in [5.41, 5.74) is 1.86. The maximum absolute atomic E-state index is 14.1. The van der Waals surface area contributed by atoms with Crippen LogP contribution in [0, 0.1) is 11.6 Å². The Kier molecular flexibility index (Phi) is 10.8. The molecule has 0 aromatic heterocycles. The van der Waals surface area contributed by atoms with Crippen molar-refractivity contribution in [2.75, 3.05) is 27.2 Å². The van der Waals surface area contributed by atoms with Gasteiger partial charge in [0.05, 0.1) is 5.56 Å². The van der Waals surface area contributed by atoms with Crippen LogP contribution in [0.1, 0.15) is 36.5 Å². The zero-order chi connectivity index (χ0) is 31.1. The van der Waals surface area contributed by atoms with Crippen LogP contribution in [0.4, 0.5) is 22.0 Å². The predicted molar refractivity (Wildman–Crippen MR) is 162 cm³/mol. The van der Waals surface area contributed by atoms with E-state index in [1.165, 1.54) is 36.0 Å². The Morgan fingerprint density at radius 3 is 2.21 bits per heavy atom. The van der Waals surface area contributed by atoms with Crippen LogP contribution in [0.25, 0.3) is 11.1 Å². The Balaban J connectivity index is 1.45. The van der Waals surface area contributed by atoms with E-state index in [4.69, 9.17) is 0 Å². The number of amides is 1. The van der Waals surface area contributed by atoms with Crippen molar-refractivity contribution in [1.29, 1.82) is 0 Å². The van der Waals surface area contributed by atoms with Gasteiger partial charge < -0.3 is 15.1 Å². The maximum atomic E-state index is 14.1. The first-order valence-electron chi connectivity index (χ1n) is 14.0. The average molecular weight is 619 g/mol. The van der Waals surface area contributed by atoms with Gasteiger partial charge in [-0.25, -0.2) is 8.78 Å². The molecular weight excluding hydrogens is 583 g/mol. The van der Waals surface area contributed by atoms with E-state index in [0.717, 1.165) is 55.3 Å². The van der Waals surface area contributed by atoms with Gasteiger partial charge in [0.15, 0.2) is 16.8 Å². The van der Waals surface area contributed by atoms with Crippen molar-refractivity contribution in [3.8, 4) is 11.1 Å². The molecule has 0 saturated carbocycles. The van der Waals surface area contributed by atoms with Crippen LogP contribution in [0.2, 0.25) is 0 Å². The highest BCUT2D eigenvalue weighted by molar-refractivity contribution is 8.13. The Morgan fingerprint density at radius 1 is 1.02 bits per heavy atom. The molecule has 1 unspecified atom stereocenters. The molecule has 1 aliphatic heterocycles. The van der Waals surface area contributed by atoms with Crippen molar-refractivity contribution in [1.82, 2.24) is 15.1 Å². The molecule has 1 atom stereocenters. The number of hydrogen-bond acceptors (Lipinski definition) is 4. The highest BCUT2D eigenvalue weighted by atomic mass is 32.2. The number of nitrogens with one attached hydrogen (secondary N) is 1. The maximum Gasteiger partial charge on any atom is 0.416 e. The van der Waals surface area contributed by atoms with Crippen molar-refractivity contribution in [3.05, 3.63) is 95.1 Å². The monoisotopic (exact) mass is 618 g/mol. The fourth-order valence-corrected chi connectivity index (χ4v) is 5.92. The van der Waals surface area contributed by atoms with Gasteiger partial charge in [-0.15, -0.1) is 0 Å². The van der Waals surface area contributed by atoms with Gasteiger partial charge in [-0.1, -0.05) is 60.3 Å². The lowest BCUT2D eigenvalue weighted by Gasteiger charge is -2.38. The third-order valence-corrected chi connectivity index (χ3v) is 8.60. The second-order valence-corrected chi connectivity index (χ2v) is 11.6. The number of carbonyl (C=O) groups excluding carboxylic acids is 1. The number of thioether (sulfide) groups is 1. The molecule has 230 valence electrons. The summed E-state index contributed by atoms with van der Waals surface area (Å²) in [4.78, 5) is 22.2. The molecule has 11 heteroatoms. The molecule has 0 spiro atoms. The van der Waals surface area contributed by atoms with E-state index in [9.17, 15) is 26.7 Å². The lowest BCUT2D eigenvalue weighted by atomic mass is 10.00. The molecule has 1 heterocycles. The second-order valence-electron chi connectivity index (χ2n) is 10.7. The Hall–Kier alpha value is -3.44. The summed E-state index contributed by atoms with van der Waals surface area (Å²) in [5, 5.41) is 3.58. The Morgan fingerprint density at radius 2 is 1.63 bits per heavy atom. The Labute approximate surface area is 253 Å². The average Bonchev–Trinajstić information content (AvgIpc) is 3.00. The molecule has 1 fully saturated rings. The van der Waals surface area contributed by atoms with Gasteiger partial charge in [0, 0.05) is 31.0 Å². The minimum Gasteiger partial charge on any atom is -0.353 e. The van der Waals surface area contributed by atoms with Crippen molar-refractivity contribution in [2.45, 2.75) is 50.3 Å². The number of benzene rings is 3. The lowest BCUT2D eigenvalue weighted by molar-refractivity contribution is -0.138. The summed E-state index contributed by atoms with van der Waals surface area (Å²) in [7, 11) is 3.62. The van der Waals surface area contributed by atoms with Gasteiger partial charge in [-0.05, 0) is 74.8 Å². The van der Waals surface area contributed by atoms with E-state index in [0.29, 0.717) is 17.3 Å². The topological polar surface area (TPSA) is 47.9 Å². The third-order valence-electron chi connectivity index (χ3n) is 7.57. The first kappa shape index (κ1) is 32.5. The van der Waals surface area contributed by atoms with Crippen LogP contribution in [-0.2, 0) is 23.3 Å². The number of nitrogens with zero attached hydrogens (tertiary/aromatic N) is 3. The van der Waals surface area contributed by atoms with Gasteiger partial charge >= 0.3 is 6.18 Å². The molecule has 0 aliphatic carbocycles. The van der Waals surface area contributed by atoms with Crippen LogP contribution in [0.15, 0.2) is 71.7 Å². The zero-order valence-corrected chi connectivity index (χ0v) is 25.1. The highest BCUT2D eigenvalue weighted by Gasteiger charge is 2.31. The first-order chi connectivity index (χ1) is 20.5. The summed E-state index contributed by atoms with van der Waals surface area (Å²) in [6, 6.07) is 15.9. The van der Waals surface area contributed by atoms with E-state index in [2.05, 4.69) is 22.3 Å². The molecule has 1 amide bonds. The second kappa shape index (κ2) is 14.4. The SMILES string of the molecule is CN=C(NC(C)C(=O)N(Cc1ccc(-c2ccc(C(F)(F)F)cc2)cc1)C1CCN(C)CC1)SCc1cccc(F)c1F. The van der Waals surface area contributed by atoms with Gasteiger partial charge in [-0.3, -0.25) is 9.79 Å². The van der Waals surface area contributed by atoms with Crippen LogP contribution < -0.4 is 5.32 Å².